The van der Waals surface area contributed by atoms with Crippen LogP contribution in [-0.2, 0) is 6.42 Å². The van der Waals surface area contributed by atoms with Crippen LogP contribution in [0.4, 0.5) is 5.69 Å². The largest absolute Gasteiger partial charge is 0.396 e. The van der Waals surface area contributed by atoms with Crippen LogP contribution in [0.25, 0.3) is 5.65 Å². The maximum Gasteiger partial charge on any atom is 0.185 e. The quantitative estimate of drug-likeness (QED) is 0.796. The molecule has 2 N–H and O–H groups in total. The fourth-order valence-electron chi connectivity index (χ4n) is 1.53. The predicted molar refractivity (Wildman–Crippen MR) is 61.0 cm³/mol. The van der Waals surface area contributed by atoms with Gasteiger partial charge in [0.15, 0.2) is 5.65 Å². The van der Waals surface area contributed by atoms with Crippen molar-refractivity contribution in [3.8, 4) is 0 Å². The molecule has 0 aromatic carbocycles. The van der Waals surface area contributed by atoms with E-state index in [4.69, 9.17) is 17.3 Å². The average Bonchev–Trinajstić information content (AvgIpc) is 2.56. The van der Waals surface area contributed by atoms with Crippen molar-refractivity contribution in [2.75, 3.05) is 5.73 Å². The molecule has 0 atom stereocenters. The molecule has 0 aliphatic rings. The van der Waals surface area contributed by atoms with Gasteiger partial charge >= 0.3 is 0 Å². The van der Waals surface area contributed by atoms with Crippen LogP contribution in [0.15, 0.2) is 12.1 Å². The highest BCUT2D eigenvalue weighted by molar-refractivity contribution is 6.29. The topological polar surface area (TPSA) is 56.2 Å². The van der Waals surface area contributed by atoms with Gasteiger partial charge in [0.1, 0.15) is 11.0 Å². The second-order valence-corrected chi connectivity index (χ2v) is 4.37. The second kappa shape index (κ2) is 3.70. The maximum absolute atomic E-state index is 6.09. The van der Waals surface area contributed by atoms with Crippen molar-refractivity contribution in [2.45, 2.75) is 20.3 Å². The van der Waals surface area contributed by atoms with Crippen molar-refractivity contribution in [3.05, 3.63) is 23.1 Å². The van der Waals surface area contributed by atoms with Crippen LogP contribution in [-0.4, -0.2) is 14.6 Å². The fourth-order valence-corrected chi connectivity index (χ4v) is 1.77. The van der Waals surface area contributed by atoms with E-state index in [9.17, 15) is 0 Å². The molecule has 2 heterocycles. The SMILES string of the molecule is CC(C)Cc1nnc2c(N)ccc(Cl)n12. The molecule has 5 heteroatoms. The molecule has 15 heavy (non-hydrogen) atoms. The third-order valence-corrected chi connectivity index (χ3v) is 2.49. The molecule has 0 radical (unpaired) electrons. The van der Waals surface area contributed by atoms with Crippen LogP contribution in [0.2, 0.25) is 5.15 Å². The lowest BCUT2D eigenvalue weighted by molar-refractivity contribution is 0.616. The van der Waals surface area contributed by atoms with Crippen molar-refractivity contribution in [2.24, 2.45) is 5.92 Å². The molecule has 0 aliphatic carbocycles. The molecule has 2 aromatic rings. The van der Waals surface area contributed by atoms with Gasteiger partial charge < -0.3 is 5.73 Å². The van der Waals surface area contributed by atoms with Crippen molar-refractivity contribution in [1.82, 2.24) is 14.6 Å². The van der Waals surface area contributed by atoms with E-state index in [0.29, 0.717) is 22.4 Å². The molecule has 0 amide bonds. The van der Waals surface area contributed by atoms with Crippen LogP contribution in [0.3, 0.4) is 0 Å². The van der Waals surface area contributed by atoms with Crippen LogP contribution < -0.4 is 5.73 Å². The molecule has 4 nitrogen and oxygen atoms in total. The summed E-state index contributed by atoms with van der Waals surface area (Å²) < 4.78 is 1.80. The lowest BCUT2D eigenvalue weighted by atomic mass is 10.1. The zero-order chi connectivity index (χ0) is 11.0. The molecule has 0 saturated heterocycles. The van der Waals surface area contributed by atoms with Crippen LogP contribution >= 0.6 is 11.6 Å². The van der Waals surface area contributed by atoms with Gasteiger partial charge in [-0.3, -0.25) is 4.40 Å². The maximum atomic E-state index is 6.09. The number of hydrogen-bond acceptors (Lipinski definition) is 3. The van der Waals surface area contributed by atoms with Gasteiger partial charge in [-0.1, -0.05) is 25.4 Å². The normalized spacial score (nSPS) is 11.5. The van der Waals surface area contributed by atoms with Crippen LogP contribution in [0, 0.1) is 5.92 Å². The summed E-state index contributed by atoms with van der Waals surface area (Å²) in [6.07, 6.45) is 0.838. The van der Waals surface area contributed by atoms with Gasteiger partial charge in [0.05, 0.1) is 5.69 Å². The fraction of sp³-hybridized carbons (Fsp3) is 0.400. The number of hydrogen-bond donors (Lipinski definition) is 1. The van der Waals surface area contributed by atoms with Crippen LogP contribution in [0.5, 0.6) is 0 Å². The van der Waals surface area contributed by atoms with Crippen molar-refractivity contribution in [3.63, 3.8) is 0 Å². The van der Waals surface area contributed by atoms with E-state index in [-0.39, 0.29) is 0 Å². The van der Waals surface area contributed by atoms with E-state index in [1.165, 1.54) is 0 Å². The van der Waals surface area contributed by atoms with E-state index in [1.807, 2.05) is 0 Å². The third kappa shape index (κ3) is 1.77. The highest BCUT2D eigenvalue weighted by Gasteiger charge is 2.11. The van der Waals surface area contributed by atoms with Gasteiger partial charge in [-0.15, -0.1) is 10.2 Å². The Balaban J connectivity index is 2.62. The third-order valence-electron chi connectivity index (χ3n) is 2.19. The van der Waals surface area contributed by atoms with E-state index in [2.05, 4.69) is 24.0 Å². The van der Waals surface area contributed by atoms with E-state index >= 15 is 0 Å². The standard InChI is InChI=1S/C10H13ClN4/c1-6(2)5-9-13-14-10-7(12)3-4-8(11)15(9)10/h3-4,6H,5,12H2,1-2H3. The number of pyridine rings is 1. The number of fused-ring (bicyclic) bond motifs is 1. The summed E-state index contributed by atoms with van der Waals surface area (Å²) in [4.78, 5) is 0. The molecular weight excluding hydrogens is 212 g/mol. The molecule has 2 rings (SSSR count). The Morgan fingerprint density at radius 2 is 2.13 bits per heavy atom. The van der Waals surface area contributed by atoms with Gasteiger partial charge in [0, 0.05) is 6.42 Å². The lowest BCUT2D eigenvalue weighted by Gasteiger charge is -2.05. The Kier molecular flexibility index (Phi) is 2.52. The molecule has 0 saturated carbocycles. The number of nitrogens with two attached hydrogens (primary N) is 1. The Morgan fingerprint density at radius 1 is 1.40 bits per heavy atom. The summed E-state index contributed by atoms with van der Waals surface area (Å²) in [6.45, 7) is 4.25. The summed E-state index contributed by atoms with van der Waals surface area (Å²) in [5.74, 6) is 1.37. The first-order valence-corrected chi connectivity index (χ1v) is 5.25. The number of aromatic nitrogens is 3. The molecule has 2 aromatic heterocycles. The van der Waals surface area contributed by atoms with Crippen molar-refractivity contribution in [1.29, 1.82) is 0 Å². The van der Waals surface area contributed by atoms with E-state index in [0.717, 1.165) is 12.2 Å². The zero-order valence-electron chi connectivity index (χ0n) is 8.74. The molecule has 0 fully saturated rings. The van der Waals surface area contributed by atoms with Crippen molar-refractivity contribution < 1.29 is 0 Å². The minimum absolute atomic E-state index is 0.509. The second-order valence-electron chi connectivity index (χ2n) is 3.98. The van der Waals surface area contributed by atoms with E-state index < -0.39 is 0 Å². The Morgan fingerprint density at radius 3 is 2.80 bits per heavy atom. The summed E-state index contributed by atoms with van der Waals surface area (Å²) in [5.41, 5.74) is 7.02. The van der Waals surface area contributed by atoms with Crippen LogP contribution in [0.1, 0.15) is 19.7 Å². The minimum Gasteiger partial charge on any atom is -0.396 e. The summed E-state index contributed by atoms with van der Waals surface area (Å²) in [6, 6.07) is 3.50. The van der Waals surface area contributed by atoms with Gasteiger partial charge in [0.2, 0.25) is 0 Å². The zero-order valence-corrected chi connectivity index (χ0v) is 9.49. The van der Waals surface area contributed by atoms with E-state index in [1.54, 1.807) is 16.5 Å². The number of nitrogen functional groups attached to an aromatic ring is 1. The molecular formula is C10H13ClN4. The minimum atomic E-state index is 0.509. The monoisotopic (exact) mass is 224 g/mol. The average molecular weight is 225 g/mol. The highest BCUT2D eigenvalue weighted by Crippen LogP contribution is 2.20. The first kappa shape index (κ1) is 10.2. The van der Waals surface area contributed by atoms with Gasteiger partial charge in [-0.2, -0.15) is 0 Å². The number of nitrogens with zero attached hydrogens (tertiary/aromatic N) is 3. The number of rotatable bonds is 2. The molecule has 0 aliphatic heterocycles. The Bertz CT molecular complexity index is 489. The van der Waals surface area contributed by atoms with Gasteiger partial charge in [-0.05, 0) is 18.1 Å². The predicted octanol–water partition coefficient (Wildman–Crippen LogP) is 2.16. The summed E-state index contributed by atoms with van der Waals surface area (Å²) in [5, 5.41) is 8.74. The highest BCUT2D eigenvalue weighted by atomic mass is 35.5. The van der Waals surface area contributed by atoms with Crippen molar-refractivity contribution >= 4 is 22.9 Å². The first-order valence-electron chi connectivity index (χ1n) is 4.87. The summed E-state index contributed by atoms with van der Waals surface area (Å²) >= 11 is 6.09. The lowest BCUT2D eigenvalue weighted by Crippen LogP contribution is -2.02. The molecule has 80 valence electrons. The summed E-state index contributed by atoms with van der Waals surface area (Å²) in [7, 11) is 0. The smallest absolute Gasteiger partial charge is 0.185 e. The van der Waals surface area contributed by atoms with Gasteiger partial charge in [-0.25, -0.2) is 0 Å². The van der Waals surface area contributed by atoms with Gasteiger partial charge in [0.25, 0.3) is 0 Å². The number of anilines is 1. The molecule has 0 unspecified atom stereocenters. The Labute approximate surface area is 93.1 Å². The Hall–Kier alpha value is -1.29. The first-order chi connectivity index (χ1) is 7.09. The number of halogens is 1. The molecule has 0 bridgehead atoms. The molecule has 0 spiro atoms.